The smallest absolute Gasteiger partial charge is 0.159 e. The molecule has 1 unspecified atom stereocenters. The number of allylic oxidation sites excluding steroid dienone is 3. The van der Waals surface area contributed by atoms with Gasteiger partial charge in [0.2, 0.25) is 0 Å². The molecule has 0 aromatic rings. The summed E-state index contributed by atoms with van der Waals surface area (Å²) in [7, 11) is 0. The predicted molar refractivity (Wildman–Crippen MR) is 56.9 cm³/mol. The molecule has 0 bridgehead atoms. The number of unbranched alkanes of at least 4 members (excludes halogenated alkanes) is 1. The Kier molecular flexibility index (Phi) is 4.33. The Hall–Kier alpha value is -1.15. The zero-order valence-electron chi connectivity index (χ0n) is 8.28. The molecule has 1 aliphatic rings. The Morgan fingerprint density at radius 3 is 2.93 bits per heavy atom. The summed E-state index contributed by atoms with van der Waals surface area (Å²) in [4.78, 5) is 10.9. The van der Waals surface area contributed by atoms with Crippen LogP contribution in [-0.4, -0.2) is 17.0 Å². The third kappa shape index (κ3) is 3.30. The van der Waals surface area contributed by atoms with E-state index in [0.29, 0.717) is 6.42 Å². The molecule has 0 saturated carbocycles. The molecule has 1 aliphatic carbocycles. The minimum atomic E-state index is -0.431. The zero-order chi connectivity index (χ0) is 10.4. The molecule has 0 spiro atoms. The van der Waals surface area contributed by atoms with Crippen molar-refractivity contribution in [3.8, 4) is 0 Å². The molecule has 2 heteroatoms. The summed E-state index contributed by atoms with van der Waals surface area (Å²) >= 11 is 0. The van der Waals surface area contributed by atoms with Crippen LogP contribution in [0, 0.1) is 0 Å². The summed E-state index contributed by atoms with van der Waals surface area (Å²) in [6.45, 7) is 3.63. The molecule has 2 nitrogen and oxygen atoms in total. The van der Waals surface area contributed by atoms with Crippen LogP contribution >= 0.6 is 0 Å². The largest absolute Gasteiger partial charge is 0.388 e. The van der Waals surface area contributed by atoms with Gasteiger partial charge < -0.3 is 5.11 Å². The molecule has 0 radical (unpaired) electrons. The van der Waals surface area contributed by atoms with E-state index >= 15 is 0 Å². The molecular weight excluding hydrogens is 176 g/mol. The van der Waals surface area contributed by atoms with E-state index in [4.69, 9.17) is 0 Å². The third-order valence-corrected chi connectivity index (χ3v) is 2.27. The first-order valence-electron chi connectivity index (χ1n) is 4.94. The summed E-state index contributed by atoms with van der Waals surface area (Å²) in [5.41, 5.74) is 0.869. The molecule has 0 heterocycles. The molecule has 0 aromatic carbocycles. The monoisotopic (exact) mass is 192 g/mol. The van der Waals surface area contributed by atoms with Gasteiger partial charge >= 0.3 is 0 Å². The number of carbonyl (C=O) groups is 1. The highest BCUT2D eigenvalue weighted by Gasteiger charge is 2.11. The molecule has 1 N–H and O–H groups in total. The normalized spacial score (nSPS) is 17.8. The van der Waals surface area contributed by atoms with Crippen molar-refractivity contribution < 1.29 is 9.90 Å². The van der Waals surface area contributed by atoms with E-state index in [9.17, 15) is 9.90 Å². The average molecular weight is 192 g/mol. The van der Waals surface area contributed by atoms with Crippen molar-refractivity contribution in [1.29, 1.82) is 0 Å². The Bertz CT molecular complexity index is 274. The van der Waals surface area contributed by atoms with Crippen molar-refractivity contribution >= 4 is 5.78 Å². The third-order valence-electron chi connectivity index (χ3n) is 2.27. The number of hydrogen-bond donors (Lipinski definition) is 1. The Morgan fingerprint density at radius 1 is 1.57 bits per heavy atom. The van der Waals surface area contributed by atoms with E-state index in [1.807, 2.05) is 6.08 Å². The lowest BCUT2D eigenvalue weighted by Gasteiger charge is -2.13. The van der Waals surface area contributed by atoms with Gasteiger partial charge in [-0.2, -0.15) is 0 Å². The van der Waals surface area contributed by atoms with Crippen LogP contribution in [0.3, 0.4) is 0 Å². The second-order valence-corrected chi connectivity index (χ2v) is 3.44. The molecule has 1 atom stereocenters. The van der Waals surface area contributed by atoms with Crippen LogP contribution in [0.4, 0.5) is 0 Å². The van der Waals surface area contributed by atoms with E-state index < -0.39 is 6.10 Å². The summed E-state index contributed by atoms with van der Waals surface area (Å²) in [5, 5.41) is 9.72. The first kappa shape index (κ1) is 10.9. The lowest BCUT2D eigenvalue weighted by atomic mass is 9.98. The van der Waals surface area contributed by atoms with Gasteiger partial charge in [-0.05, 0) is 30.9 Å². The minimum Gasteiger partial charge on any atom is -0.388 e. The van der Waals surface area contributed by atoms with Gasteiger partial charge in [-0.1, -0.05) is 18.2 Å². The van der Waals surface area contributed by atoms with Gasteiger partial charge in [0, 0.05) is 6.42 Å². The topological polar surface area (TPSA) is 37.3 Å². The van der Waals surface area contributed by atoms with E-state index in [1.54, 1.807) is 12.2 Å². The molecule has 0 amide bonds. The van der Waals surface area contributed by atoms with Crippen LogP contribution in [0.5, 0.6) is 0 Å². The summed E-state index contributed by atoms with van der Waals surface area (Å²) in [6, 6.07) is 0. The SMILES string of the molecule is C=CCCCC(O)C1=CCC(=O)C=C1. The van der Waals surface area contributed by atoms with E-state index in [0.717, 1.165) is 24.8 Å². The zero-order valence-corrected chi connectivity index (χ0v) is 8.28. The van der Waals surface area contributed by atoms with Crippen LogP contribution in [0.15, 0.2) is 36.5 Å². The second-order valence-electron chi connectivity index (χ2n) is 3.44. The van der Waals surface area contributed by atoms with Gasteiger partial charge in [0.25, 0.3) is 0 Å². The van der Waals surface area contributed by atoms with Crippen molar-refractivity contribution in [3.63, 3.8) is 0 Å². The summed E-state index contributed by atoms with van der Waals surface area (Å²) < 4.78 is 0. The summed E-state index contributed by atoms with van der Waals surface area (Å²) in [6.07, 6.45) is 9.48. The highest BCUT2D eigenvalue weighted by atomic mass is 16.3. The Morgan fingerprint density at radius 2 is 2.36 bits per heavy atom. The van der Waals surface area contributed by atoms with Crippen LogP contribution in [0.2, 0.25) is 0 Å². The Labute approximate surface area is 84.6 Å². The number of carbonyl (C=O) groups excluding carboxylic acids is 1. The van der Waals surface area contributed by atoms with Crippen molar-refractivity contribution in [3.05, 3.63) is 36.5 Å². The fraction of sp³-hybridized carbons (Fsp3) is 0.417. The van der Waals surface area contributed by atoms with Crippen molar-refractivity contribution in [2.24, 2.45) is 0 Å². The van der Waals surface area contributed by atoms with Crippen LogP contribution in [0.1, 0.15) is 25.7 Å². The quantitative estimate of drug-likeness (QED) is 0.535. The van der Waals surface area contributed by atoms with Gasteiger partial charge in [0.05, 0.1) is 6.10 Å². The summed E-state index contributed by atoms with van der Waals surface area (Å²) in [5.74, 6) is 0.104. The molecule has 14 heavy (non-hydrogen) atoms. The lowest BCUT2D eigenvalue weighted by Crippen LogP contribution is -2.11. The number of hydrogen-bond acceptors (Lipinski definition) is 2. The van der Waals surface area contributed by atoms with E-state index in [-0.39, 0.29) is 5.78 Å². The lowest BCUT2D eigenvalue weighted by molar-refractivity contribution is -0.113. The van der Waals surface area contributed by atoms with Gasteiger partial charge in [0.1, 0.15) is 0 Å². The fourth-order valence-electron chi connectivity index (χ4n) is 1.41. The van der Waals surface area contributed by atoms with Gasteiger partial charge in [-0.25, -0.2) is 0 Å². The molecule has 0 aliphatic heterocycles. The maximum Gasteiger partial charge on any atom is 0.159 e. The van der Waals surface area contributed by atoms with Crippen molar-refractivity contribution in [2.45, 2.75) is 31.8 Å². The molecule has 0 aromatic heterocycles. The highest BCUT2D eigenvalue weighted by Crippen LogP contribution is 2.16. The van der Waals surface area contributed by atoms with Gasteiger partial charge in [-0.3, -0.25) is 4.79 Å². The number of aliphatic hydroxyl groups is 1. The minimum absolute atomic E-state index is 0.104. The van der Waals surface area contributed by atoms with Crippen LogP contribution in [0.25, 0.3) is 0 Å². The molecule has 76 valence electrons. The number of aliphatic hydroxyl groups excluding tert-OH is 1. The molecule has 0 fully saturated rings. The van der Waals surface area contributed by atoms with E-state index in [1.165, 1.54) is 6.08 Å². The first-order valence-corrected chi connectivity index (χ1v) is 4.94. The van der Waals surface area contributed by atoms with Gasteiger partial charge in [0.15, 0.2) is 5.78 Å². The second kappa shape index (κ2) is 5.55. The van der Waals surface area contributed by atoms with Crippen LogP contribution in [-0.2, 0) is 4.79 Å². The van der Waals surface area contributed by atoms with Crippen molar-refractivity contribution in [1.82, 2.24) is 0 Å². The van der Waals surface area contributed by atoms with Gasteiger partial charge in [-0.15, -0.1) is 6.58 Å². The highest BCUT2D eigenvalue weighted by molar-refractivity contribution is 5.92. The Balaban J connectivity index is 2.37. The molecular formula is C12H16O2. The standard InChI is InChI=1S/C12H16O2/c1-2-3-4-5-12(14)10-6-8-11(13)9-7-10/h2,6-8,12,14H,1,3-5,9H2. The van der Waals surface area contributed by atoms with Crippen molar-refractivity contribution in [2.75, 3.05) is 0 Å². The van der Waals surface area contributed by atoms with E-state index in [2.05, 4.69) is 6.58 Å². The number of rotatable bonds is 5. The predicted octanol–water partition coefficient (Wildman–Crippen LogP) is 2.16. The maximum atomic E-state index is 10.9. The molecule has 1 rings (SSSR count). The average Bonchev–Trinajstić information content (AvgIpc) is 2.19. The maximum absolute atomic E-state index is 10.9. The fourth-order valence-corrected chi connectivity index (χ4v) is 1.41. The first-order chi connectivity index (χ1) is 6.74. The van der Waals surface area contributed by atoms with Crippen LogP contribution < -0.4 is 0 Å². The number of ketones is 1. The molecule has 0 saturated heterocycles.